The molecule has 0 amide bonds. The third-order valence-electron chi connectivity index (χ3n) is 6.20. The van der Waals surface area contributed by atoms with Crippen molar-refractivity contribution < 1.29 is 33.3 Å². The molecule has 0 unspecified atom stereocenters. The lowest BCUT2D eigenvalue weighted by molar-refractivity contribution is -0.140. The molecule has 7 heteroatoms. The van der Waals surface area contributed by atoms with Gasteiger partial charge in [0.05, 0.1) is 26.1 Å². The average Bonchev–Trinajstić information content (AvgIpc) is 3.10. The highest BCUT2D eigenvalue weighted by molar-refractivity contribution is 6.01. The van der Waals surface area contributed by atoms with E-state index in [0.717, 1.165) is 18.4 Å². The van der Waals surface area contributed by atoms with Crippen LogP contribution in [0.15, 0.2) is 53.6 Å². The van der Waals surface area contributed by atoms with Crippen LogP contribution in [0.25, 0.3) is 0 Å². The molecule has 1 spiro atoms. The lowest BCUT2D eigenvalue weighted by atomic mass is 9.69. The SMILES string of the molecule is COc1cccc(OC)c1C(=O)O[C@@H]1C=CC(=O)[C@@]2(CC(=O)O[C@@H]2/C=C(\C)CCC=C(C)C)C1. The van der Waals surface area contributed by atoms with Crippen LogP contribution in [0.3, 0.4) is 0 Å². The number of carbonyl (C=O) groups is 3. The molecule has 1 aromatic carbocycles. The van der Waals surface area contributed by atoms with E-state index in [0.29, 0.717) is 11.5 Å². The quantitative estimate of drug-likeness (QED) is 0.402. The van der Waals surface area contributed by atoms with Gasteiger partial charge in [-0.15, -0.1) is 0 Å². The van der Waals surface area contributed by atoms with Gasteiger partial charge in [0.1, 0.15) is 29.3 Å². The van der Waals surface area contributed by atoms with E-state index in [1.54, 1.807) is 24.3 Å². The van der Waals surface area contributed by atoms with Gasteiger partial charge in [0.2, 0.25) is 0 Å². The van der Waals surface area contributed by atoms with Crippen molar-refractivity contribution in [1.82, 2.24) is 0 Å². The minimum Gasteiger partial charge on any atom is -0.496 e. The van der Waals surface area contributed by atoms with Gasteiger partial charge in [-0.3, -0.25) is 9.59 Å². The Bertz CT molecular complexity index is 1020. The normalized spacial score (nSPS) is 24.1. The largest absolute Gasteiger partial charge is 0.496 e. The summed E-state index contributed by atoms with van der Waals surface area (Å²) in [7, 11) is 2.91. The van der Waals surface area contributed by atoms with E-state index in [4.69, 9.17) is 18.9 Å². The average molecular weight is 469 g/mol. The van der Waals surface area contributed by atoms with E-state index >= 15 is 0 Å². The van der Waals surface area contributed by atoms with Gasteiger partial charge in [0.15, 0.2) is 5.78 Å². The van der Waals surface area contributed by atoms with E-state index in [2.05, 4.69) is 6.08 Å². The second-order valence-corrected chi connectivity index (χ2v) is 8.99. The number of rotatable bonds is 8. The Labute approximate surface area is 200 Å². The first-order valence-corrected chi connectivity index (χ1v) is 11.3. The summed E-state index contributed by atoms with van der Waals surface area (Å²) < 4.78 is 21.9. The first-order chi connectivity index (χ1) is 16.2. The molecule has 7 nitrogen and oxygen atoms in total. The Morgan fingerprint density at radius 3 is 2.44 bits per heavy atom. The maximum Gasteiger partial charge on any atom is 0.346 e. The number of hydrogen-bond donors (Lipinski definition) is 0. The maximum atomic E-state index is 13.0. The Balaban J connectivity index is 1.82. The maximum absolute atomic E-state index is 13.0. The van der Waals surface area contributed by atoms with E-state index < -0.39 is 29.6 Å². The molecule has 3 rings (SSSR count). The minimum atomic E-state index is -1.10. The molecular formula is C27H32O7. The fourth-order valence-corrected chi connectivity index (χ4v) is 4.41. The lowest BCUT2D eigenvalue weighted by Crippen LogP contribution is -2.43. The van der Waals surface area contributed by atoms with Crippen LogP contribution in [0.1, 0.15) is 56.8 Å². The Morgan fingerprint density at radius 2 is 1.82 bits per heavy atom. The molecule has 0 saturated carbocycles. The molecule has 3 atom stereocenters. The van der Waals surface area contributed by atoms with Crippen molar-refractivity contribution in [2.45, 2.75) is 58.7 Å². The van der Waals surface area contributed by atoms with Crippen molar-refractivity contribution in [3.63, 3.8) is 0 Å². The standard InChI is InChI=1S/C27H32O7/c1-17(2)8-6-9-18(3)14-23-27(16-24(29)34-23)15-19(12-13-22(27)28)33-26(30)25-20(31-4)10-7-11-21(25)32-5/h7-8,10-14,19,23H,6,9,15-16H2,1-5H3/b18-14+/t19-,23-,27+/m1/s1. The summed E-state index contributed by atoms with van der Waals surface area (Å²) >= 11 is 0. The zero-order valence-electron chi connectivity index (χ0n) is 20.4. The van der Waals surface area contributed by atoms with Crippen LogP contribution in [-0.2, 0) is 19.1 Å². The number of ether oxygens (including phenoxy) is 4. The van der Waals surface area contributed by atoms with Crippen LogP contribution in [0.4, 0.5) is 0 Å². The summed E-state index contributed by atoms with van der Waals surface area (Å²) in [5, 5.41) is 0. The first-order valence-electron chi connectivity index (χ1n) is 11.3. The van der Waals surface area contributed by atoms with Crippen LogP contribution < -0.4 is 9.47 Å². The number of esters is 2. The summed E-state index contributed by atoms with van der Waals surface area (Å²) in [5.41, 5.74) is 1.34. The molecule has 0 radical (unpaired) electrons. The number of cyclic esters (lactones) is 1. The predicted molar refractivity (Wildman–Crippen MR) is 127 cm³/mol. The molecule has 34 heavy (non-hydrogen) atoms. The van der Waals surface area contributed by atoms with Crippen molar-refractivity contribution in [2.75, 3.05) is 14.2 Å². The van der Waals surface area contributed by atoms with E-state index in [1.165, 1.54) is 25.9 Å². The summed E-state index contributed by atoms with van der Waals surface area (Å²) in [6, 6.07) is 4.99. The second-order valence-electron chi connectivity index (χ2n) is 8.99. The van der Waals surface area contributed by atoms with Crippen LogP contribution in [0.5, 0.6) is 11.5 Å². The Morgan fingerprint density at radius 1 is 1.15 bits per heavy atom. The molecule has 0 aromatic heterocycles. The smallest absolute Gasteiger partial charge is 0.346 e. The Hall–Kier alpha value is -3.35. The van der Waals surface area contributed by atoms with Gasteiger partial charge in [-0.05, 0) is 64.0 Å². The van der Waals surface area contributed by atoms with Crippen molar-refractivity contribution in [3.8, 4) is 11.5 Å². The van der Waals surface area contributed by atoms with E-state index in [1.807, 2.05) is 26.8 Å². The summed E-state index contributed by atoms with van der Waals surface area (Å²) in [4.78, 5) is 38.4. The fraction of sp³-hybridized carbons (Fsp3) is 0.444. The number of benzene rings is 1. The van der Waals surface area contributed by atoms with Gasteiger partial charge in [0.25, 0.3) is 0 Å². The highest BCUT2D eigenvalue weighted by Gasteiger charge is 2.55. The molecule has 2 aliphatic rings. The van der Waals surface area contributed by atoms with Crippen LogP contribution in [0.2, 0.25) is 0 Å². The third-order valence-corrected chi connectivity index (χ3v) is 6.20. The molecule has 182 valence electrons. The topological polar surface area (TPSA) is 88.1 Å². The predicted octanol–water partition coefficient (Wildman–Crippen LogP) is 4.75. The third kappa shape index (κ3) is 5.41. The molecule has 0 N–H and O–H groups in total. The van der Waals surface area contributed by atoms with Gasteiger partial charge >= 0.3 is 11.9 Å². The number of ketones is 1. The summed E-state index contributed by atoms with van der Waals surface area (Å²) in [6.45, 7) is 6.05. The zero-order chi connectivity index (χ0) is 24.9. The number of methoxy groups -OCH3 is 2. The first kappa shape index (κ1) is 25.3. The van der Waals surface area contributed by atoms with Gasteiger partial charge in [-0.25, -0.2) is 4.79 Å². The molecule has 1 heterocycles. The van der Waals surface area contributed by atoms with E-state index in [9.17, 15) is 14.4 Å². The Kier molecular flexibility index (Phi) is 7.97. The van der Waals surface area contributed by atoms with Gasteiger partial charge < -0.3 is 18.9 Å². The number of hydrogen-bond acceptors (Lipinski definition) is 7. The molecule has 1 aliphatic heterocycles. The van der Waals surface area contributed by atoms with Crippen LogP contribution >= 0.6 is 0 Å². The molecule has 1 aromatic rings. The monoisotopic (exact) mass is 468 g/mol. The second kappa shape index (κ2) is 10.7. The highest BCUT2D eigenvalue weighted by Crippen LogP contribution is 2.45. The molecule has 1 saturated heterocycles. The fourth-order valence-electron chi connectivity index (χ4n) is 4.41. The minimum absolute atomic E-state index is 0.0510. The van der Waals surface area contributed by atoms with Crippen molar-refractivity contribution in [1.29, 1.82) is 0 Å². The van der Waals surface area contributed by atoms with Gasteiger partial charge in [-0.1, -0.05) is 23.3 Å². The van der Waals surface area contributed by atoms with Crippen molar-refractivity contribution >= 4 is 17.7 Å². The van der Waals surface area contributed by atoms with Gasteiger partial charge in [-0.2, -0.15) is 0 Å². The molecule has 1 fully saturated rings. The molecule has 1 aliphatic carbocycles. The molecular weight excluding hydrogens is 436 g/mol. The summed E-state index contributed by atoms with van der Waals surface area (Å²) in [5.74, 6) is -0.620. The number of allylic oxidation sites excluding steroid dienone is 4. The zero-order valence-corrected chi connectivity index (χ0v) is 20.4. The van der Waals surface area contributed by atoms with Crippen LogP contribution in [0, 0.1) is 5.41 Å². The molecule has 0 bridgehead atoms. The van der Waals surface area contributed by atoms with Crippen molar-refractivity contribution in [3.05, 3.63) is 59.2 Å². The summed E-state index contributed by atoms with van der Waals surface area (Å²) in [6.07, 6.45) is 7.30. The van der Waals surface area contributed by atoms with Gasteiger partial charge in [0, 0.05) is 6.42 Å². The van der Waals surface area contributed by atoms with E-state index in [-0.39, 0.29) is 24.2 Å². The van der Waals surface area contributed by atoms with Crippen molar-refractivity contribution in [2.24, 2.45) is 5.41 Å². The number of carbonyl (C=O) groups excluding carboxylic acids is 3. The highest BCUT2D eigenvalue weighted by atomic mass is 16.6. The lowest BCUT2D eigenvalue weighted by Gasteiger charge is -2.34. The van der Waals surface area contributed by atoms with Crippen LogP contribution in [-0.4, -0.2) is 44.1 Å².